The van der Waals surface area contributed by atoms with E-state index in [2.05, 4.69) is 64.9 Å². The molecule has 1 N–H and O–H groups in total. The Labute approximate surface area is 131 Å². The highest BCUT2D eigenvalue weighted by atomic mass is 79.9. The monoisotopic (exact) mass is 339 g/mol. The van der Waals surface area contributed by atoms with Crippen LogP contribution in [-0.4, -0.2) is 34.6 Å². The van der Waals surface area contributed by atoms with Crippen LogP contribution in [0.15, 0.2) is 22.9 Å². The second kappa shape index (κ2) is 6.54. The molecular formula is C16H26BrN3. The van der Waals surface area contributed by atoms with E-state index in [1.54, 1.807) is 0 Å². The molecule has 0 spiro atoms. The summed E-state index contributed by atoms with van der Waals surface area (Å²) in [5.41, 5.74) is 1.47. The fourth-order valence-corrected chi connectivity index (χ4v) is 3.37. The van der Waals surface area contributed by atoms with Gasteiger partial charge in [-0.1, -0.05) is 13.8 Å². The van der Waals surface area contributed by atoms with Gasteiger partial charge in [-0.2, -0.15) is 0 Å². The minimum atomic E-state index is 0.187. The van der Waals surface area contributed by atoms with Crippen molar-refractivity contribution in [3.05, 3.63) is 28.5 Å². The number of pyridine rings is 1. The number of hydrogen-bond donors (Lipinski definition) is 1. The molecule has 1 fully saturated rings. The third-order valence-corrected chi connectivity index (χ3v) is 4.26. The predicted octanol–water partition coefficient (Wildman–Crippen LogP) is 3.44. The number of aromatic nitrogens is 1. The topological polar surface area (TPSA) is 28.2 Å². The summed E-state index contributed by atoms with van der Waals surface area (Å²) >= 11 is 3.51. The van der Waals surface area contributed by atoms with Crippen LogP contribution in [0.5, 0.6) is 0 Å². The minimum absolute atomic E-state index is 0.187. The maximum atomic E-state index is 4.28. The summed E-state index contributed by atoms with van der Waals surface area (Å²) in [6.07, 6.45) is 5.06. The molecule has 2 heterocycles. The van der Waals surface area contributed by atoms with Crippen molar-refractivity contribution in [2.75, 3.05) is 13.1 Å². The summed E-state index contributed by atoms with van der Waals surface area (Å²) < 4.78 is 1.06. The molecule has 1 saturated heterocycles. The molecular weight excluding hydrogens is 314 g/mol. The molecule has 0 radical (unpaired) electrons. The van der Waals surface area contributed by atoms with E-state index in [1.165, 1.54) is 12.0 Å². The molecule has 0 bridgehead atoms. The van der Waals surface area contributed by atoms with Crippen molar-refractivity contribution in [2.45, 2.75) is 52.2 Å². The van der Waals surface area contributed by atoms with Crippen molar-refractivity contribution in [1.29, 1.82) is 0 Å². The van der Waals surface area contributed by atoms with Crippen molar-refractivity contribution < 1.29 is 0 Å². The summed E-state index contributed by atoms with van der Waals surface area (Å²) in [6, 6.07) is 2.79. The van der Waals surface area contributed by atoms with E-state index in [0.29, 0.717) is 6.04 Å². The van der Waals surface area contributed by atoms with Crippen LogP contribution in [0.25, 0.3) is 0 Å². The van der Waals surface area contributed by atoms with Gasteiger partial charge in [-0.3, -0.25) is 9.88 Å². The maximum absolute atomic E-state index is 4.28. The lowest BCUT2D eigenvalue weighted by molar-refractivity contribution is 0.0759. The summed E-state index contributed by atoms with van der Waals surface area (Å²) in [5.74, 6) is 0.728. The predicted molar refractivity (Wildman–Crippen MR) is 87.7 cm³/mol. The first-order chi connectivity index (χ1) is 9.35. The standard InChI is InChI=1S/C16H26BrN3/c1-12(2)5-15-9-19-16(3,4)11-20(15)10-13-6-14(17)8-18-7-13/h6-8,12,15,19H,5,9-11H2,1-4H3. The Morgan fingerprint density at radius 3 is 2.85 bits per heavy atom. The number of piperazine rings is 1. The Kier molecular flexibility index (Phi) is 5.21. The van der Waals surface area contributed by atoms with Crippen LogP contribution < -0.4 is 5.32 Å². The van der Waals surface area contributed by atoms with E-state index in [9.17, 15) is 0 Å². The molecule has 1 aliphatic rings. The lowest BCUT2D eigenvalue weighted by Crippen LogP contribution is -2.61. The molecule has 0 saturated carbocycles. The molecule has 112 valence electrons. The second-order valence-electron chi connectivity index (χ2n) is 6.96. The molecule has 0 aliphatic carbocycles. The van der Waals surface area contributed by atoms with E-state index < -0.39 is 0 Å². The average Bonchev–Trinajstić information content (AvgIpc) is 2.32. The molecule has 20 heavy (non-hydrogen) atoms. The van der Waals surface area contributed by atoms with Crippen LogP contribution in [0.1, 0.15) is 39.7 Å². The number of rotatable bonds is 4. The van der Waals surface area contributed by atoms with Gasteiger partial charge in [0.2, 0.25) is 0 Å². The first-order valence-corrected chi connectivity index (χ1v) is 8.23. The van der Waals surface area contributed by atoms with Crippen molar-refractivity contribution in [2.24, 2.45) is 5.92 Å². The van der Waals surface area contributed by atoms with Gasteiger partial charge in [0, 0.05) is 48.1 Å². The first-order valence-electron chi connectivity index (χ1n) is 7.44. The van der Waals surface area contributed by atoms with Gasteiger partial charge in [0.05, 0.1) is 0 Å². The second-order valence-corrected chi connectivity index (χ2v) is 7.88. The average molecular weight is 340 g/mol. The molecule has 3 nitrogen and oxygen atoms in total. The third kappa shape index (κ3) is 4.54. The van der Waals surface area contributed by atoms with Crippen molar-refractivity contribution >= 4 is 15.9 Å². The van der Waals surface area contributed by atoms with E-state index in [1.807, 2.05) is 12.4 Å². The van der Waals surface area contributed by atoms with Crippen molar-refractivity contribution in [3.63, 3.8) is 0 Å². The zero-order chi connectivity index (χ0) is 14.8. The Bertz CT molecular complexity index is 445. The zero-order valence-electron chi connectivity index (χ0n) is 13.0. The normalized spacial score (nSPS) is 23.2. The quantitative estimate of drug-likeness (QED) is 0.910. The van der Waals surface area contributed by atoms with Crippen molar-refractivity contribution in [3.8, 4) is 0 Å². The van der Waals surface area contributed by atoms with Gasteiger partial charge in [-0.25, -0.2) is 0 Å². The minimum Gasteiger partial charge on any atom is -0.309 e. The zero-order valence-corrected chi connectivity index (χ0v) is 14.6. The van der Waals surface area contributed by atoms with Gasteiger partial charge in [-0.15, -0.1) is 0 Å². The van der Waals surface area contributed by atoms with E-state index in [-0.39, 0.29) is 5.54 Å². The molecule has 0 amide bonds. The largest absolute Gasteiger partial charge is 0.309 e. The van der Waals surface area contributed by atoms with Gasteiger partial charge >= 0.3 is 0 Å². The third-order valence-electron chi connectivity index (χ3n) is 3.82. The molecule has 1 atom stereocenters. The smallest absolute Gasteiger partial charge is 0.0410 e. The molecule has 0 aromatic carbocycles. The summed E-state index contributed by atoms with van der Waals surface area (Å²) in [6.45, 7) is 12.3. The highest BCUT2D eigenvalue weighted by Gasteiger charge is 2.32. The van der Waals surface area contributed by atoms with Gasteiger partial charge in [0.15, 0.2) is 0 Å². The van der Waals surface area contributed by atoms with Crippen LogP contribution in [0.3, 0.4) is 0 Å². The van der Waals surface area contributed by atoms with Crippen LogP contribution in [0.2, 0.25) is 0 Å². The lowest BCUT2D eigenvalue weighted by atomic mass is 9.93. The molecule has 1 aromatic heterocycles. The summed E-state index contributed by atoms with van der Waals surface area (Å²) in [4.78, 5) is 6.89. The Balaban J connectivity index is 2.10. The molecule has 1 unspecified atom stereocenters. The first kappa shape index (κ1) is 15.9. The maximum Gasteiger partial charge on any atom is 0.0410 e. The fourth-order valence-electron chi connectivity index (χ4n) is 2.95. The van der Waals surface area contributed by atoms with Crippen molar-refractivity contribution in [1.82, 2.24) is 15.2 Å². The Hall–Kier alpha value is -0.450. The lowest BCUT2D eigenvalue weighted by Gasteiger charge is -2.45. The van der Waals surface area contributed by atoms with E-state index >= 15 is 0 Å². The SMILES string of the molecule is CC(C)CC1CNC(C)(C)CN1Cc1cncc(Br)c1. The molecule has 1 aromatic rings. The number of halogens is 1. The van der Waals surface area contributed by atoms with E-state index in [4.69, 9.17) is 0 Å². The van der Waals surface area contributed by atoms with E-state index in [0.717, 1.165) is 30.0 Å². The van der Waals surface area contributed by atoms with Crippen LogP contribution in [0, 0.1) is 5.92 Å². The number of hydrogen-bond acceptors (Lipinski definition) is 3. The molecule has 1 aliphatic heterocycles. The van der Waals surface area contributed by atoms with Crippen LogP contribution >= 0.6 is 15.9 Å². The molecule has 4 heteroatoms. The highest BCUT2D eigenvalue weighted by molar-refractivity contribution is 9.10. The highest BCUT2D eigenvalue weighted by Crippen LogP contribution is 2.22. The Morgan fingerprint density at radius 1 is 1.45 bits per heavy atom. The van der Waals surface area contributed by atoms with Gasteiger partial charge in [0.25, 0.3) is 0 Å². The van der Waals surface area contributed by atoms with Gasteiger partial charge < -0.3 is 5.32 Å². The molecule has 2 rings (SSSR count). The van der Waals surface area contributed by atoms with Gasteiger partial charge in [-0.05, 0) is 53.7 Å². The van der Waals surface area contributed by atoms with Crippen LogP contribution in [0.4, 0.5) is 0 Å². The van der Waals surface area contributed by atoms with Crippen LogP contribution in [-0.2, 0) is 6.54 Å². The summed E-state index contributed by atoms with van der Waals surface area (Å²) in [5, 5.41) is 3.67. The Morgan fingerprint density at radius 2 is 2.20 bits per heavy atom. The number of nitrogens with zero attached hydrogens (tertiary/aromatic N) is 2. The fraction of sp³-hybridized carbons (Fsp3) is 0.688. The number of nitrogens with one attached hydrogen (secondary N) is 1. The van der Waals surface area contributed by atoms with Gasteiger partial charge in [0.1, 0.15) is 0 Å². The summed E-state index contributed by atoms with van der Waals surface area (Å²) in [7, 11) is 0.